The molecule has 1 unspecified atom stereocenters. The van der Waals surface area contributed by atoms with E-state index in [1.807, 2.05) is 11.9 Å². The van der Waals surface area contributed by atoms with E-state index in [2.05, 4.69) is 34.1 Å². The summed E-state index contributed by atoms with van der Waals surface area (Å²) in [5.41, 5.74) is 5.54. The minimum Gasteiger partial charge on any atom is -0.497 e. The number of aryl methyl sites for hydroxylation is 1. The lowest BCUT2D eigenvalue weighted by atomic mass is 10.1. The second kappa shape index (κ2) is 11.8. The summed E-state index contributed by atoms with van der Waals surface area (Å²) < 4.78 is 50.1. The Morgan fingerprint density at radius 3 is 2.64 bits per heavy atom. The van der Waals surface area contributed by atoms with Crippen molar-refractivity contribution in [2.24, 2.45) is 0 Å². The fourth-order valence-corrected chi connectivity index (χ4v) is 8.54. The molecule has 0 spiro atoms. The molecule has 0 saturated carbocycles. The quantitative estimate of drug-likeness (QED) is 0.210. The highest BCUT2D eigenvalue weighted by Gasteiger charge is 2.36. The monoisotopic (exact) mass is 626 g/mol. The molecule has 1 aliphatic carbocycles. The van der Waals surface area contributed by atoms with E-state index in [1.54, 1.807) is 48.3 Å². The molecule has 0 radical (unpaired) electrons. The second-order valence-electron chi connectivity index (χ2n) is 10.7. The molecule has 1 fully saturated rings. The van der Waals surface area contributed by atoms with Crippen LogP contribution in [-0.2, 0) is 23.0 Å². The Morgan fingerprint density at radius 1 is 1.12 bits per heavy atom. The van der Waals surface area contributed by atoms with Gasteiger partial charge in [0, 0.05) is 37.6 Å². The predicted molar refractivity (Wildman–Crippen MR) is 166 cm³/mol. The van der Waals surface area contributed by atoms with Crippen LogP contribution >= 0.6 is 22.9 Å². The average Bonchev–Trinajstić information content (AvgIpc) is 3.78. The van der Waals surface area contributed by atoms with Crippen LogP contribution in [0.3, 0.4) is 0 Å². The van der Waals surface area contributed by atoms with Crippen LogP contribution in [-0.4, -0.2) is 51.6 Å². The van der Waals surface area contributed by atoms with Crippen molar-refractivity contribution in [1.82, 2.24) is 9.88 Å². The van der Waals surface area contributed by atoms with Crippen molar-refractivity contribution in [2.75, 3.05) is 36.5 Å². The number of ether oxygens (including phenoxy) is 1. The van der Waals surface area contributed by atoms with Crippen LogP contribution in [0.2, 0.25) is 5.02 Å². The maximum atomic E-state index is 15.9. The molecule has 3 aromatic carbocycles. The summed E-state index contributed by atoms with van der Waals surface area (Å²) in [5.74, 6) is -0.0968. The Balaban J connectivity index is 1.24. The lowest BCUT2D eigenvalue weighted by molar-refractivity contribution is 0.242. The Bertz CT molecular complexity index is 1670. The predicted octanol–water partition coefficient (Wildman–Crippen LogP) is 6.54. The van der Waals surface area contributed by atoms with Crippen LogP contribution in [0.5, 0.6) is 5.75 Å². The molecule has 4 aromatic rings. The van der Waals surface area contributed by atoms with Crippen molar-refractivity contribution in [3.63, 3.8) is 0 Å². The first kappa shape index (κ1) is 28.9. The number of aromatic nitrogens is 1. The number of sulfonamides is 1. The lowest BCUT2D eigenvalue weighted by Gasteiger charge is -2.30. The maximum Gasteiger partial charge on any atom is 0.268 e. The smallest absolute Gasteiger partial charge is 0.268 e. The van der Waals surface area contributed by atoms with Gasteiger partial charge in [-0.25, -0.2) is 22.1 Å². The van der Waals surface area contributed by atoms with Crippen molar-refractivity contribution in [3.8, 4) is 5.75 Å². The molecule has 220 valence electrons. The second-order valence-corrected chi connectivity index (χ2v) is 13.6. The number of likely N-dealkylation sites (N-methyl/N-ethyl adjacent to an activating group) is 1. The summed E-state index contributed by atoms with van der Waals surface area (Å²) >= 11 is 7.85. The zero-order valence-corrected chi connectivity index (χ0v) is 25.8. The summed E-state index contributed by atoms with van der Waals surface area (Å²) in [6.45, 7) is 1.73. The standard InChI is InChI=1S/C31H32ClFN4O3S2/c1-35(23-15-16-36(18-23)26-12-9-22-5-3-4-6-25(22)26)27-13-14-28(31(33)30(27)32)42(38,39)37(29-19-41-20-34-29)17-21-7-10-24(40-2)11-8-21/h3-8,10-11,13-14,19-20,23,26H,9,12,15-18H2,1-2H3/t23?,26-/m0/s1. The third-order valence-electron chi connectivity index (χ3n) is 8.42. The summed E-state index contributed by atoms with van der Waals surface area (Å²) in [4.78, 5) is 8.22. The van der Waals surface area contributed by atoms with Gasteiger partial charge in [0.15, 0.2) is 11.6 Å². The molecule has 2 aliphatic rings. The van der Waals surface area contributed by atoms with Crippen molar-refractivity contribution in [1.29, 1.82) is 0 Å². The molecule has 1 saturated heterocycles. The third kappa shape index (κ3) is 5.37. The van der Waals surface area contributed by atoms with E-state index in [9.17, 15) is 8.42 Å². The van der Waals surface area contributed by atoms with Gasteiger partial charge in [0.05, 0.1) is 24.9 Å². The molecule has 6 rings (SSSR count). The number of anilines is 2. The number of hydrogen-bond acceptors (Lipinski definition) is 7. The number of likely N-dealkylation sites (tertiary alicyclic amines) is 1. The Morgan fingerprint density at radius 2 is 1.90 bits per heavy atom. The van der Waals surface area contributed by atoms with Gasteiger partial charge in [0.2, 0.25) is 0 Å². The van der Waals surface area contributed by atoms with Crippen molar-refractivity contribution in [2.45, 2.75) is 42.8 Å². The molecule has 1 aromatic heterocycles. The van der Waals surface area contributed by atoms with Crippen LogP contribution in [0.25, 0.3) is 0 Å². The van der Waals surface area contributed by atoms with E-state index in [-0.39, 0.29) is 23.4 Å². The molecular weight excluding hydrogens is 595 g/mol. The van der Waals surface area contributed by atoms with Gasteiger partial charge in [-0.2, -0.15) is 0 Å². The van der Waals surface area contributed by atoms with Gasteiger partial charge in [-0.05, 0) is 60.2 Å². The summed E-state index contributed by atoms with van der Waals surface area (Å²) in [5, 5.41) is 1.42. The van der Waals surface area contributed by atoms with Crippen LogP contribution in [0.15, 0.2) is 76.4 Å². The van der Waals surface area contributed by atoms with Gasteiger partial charge >= 0.3 is 0 Å². The van der Waals surface area contributed by atoms with Crippen LogP contribution < -0.4 is 13.9 Å². The topological polar surface area (TPSA) is 66.0 Å². The first-order chi connectivity index (χ1) is 20.3. The number of halogens is 2. The van der Waals surface area contributed by atoms with Gasteiger partial charge in [-0.3, -0.25) is 4.90 Å². The normalized spacial score (nSPS) is 18.7. The molecule has 0 amide bonds. The Labute approximate surface area is 255 Å². The molecule has 2 atom stereocenters. The SMILES string of the molecule is COc1ccc(CN(c2cscn2)S(=O)(=O)c2ccc(N(C)C3CCN([C@H]4CCc5ccccc54)C3)c(Cl)c2F)cc1. The summed E-state index contributed by atoms with van der Waals surface area (Å²) in [6, 6.07) is 19.1. The van der Waals surface area contributed by atoms with Crippen LogP contribution in [0.1, 0.15) is 35.6 Å². The first-order valence-corrected chi connectivity index (χ1v) is 16.6. The zero-order valence-electron chi connectivity index (χ0n) is 23.4. The highest BCUT2D eigenvalue weighted by atomic mass is 35.5. The number of rotatable bonds is 9. The van der Waals surface area contributed by atoms with E-state index < -0.39 is 20.7 Å². The average molecular weight is 627 g/mol. The molecule has 11 heteroatoms. The van der Waals surface area contributed by atoms with Gasteiger partial charge in [-0.1, -0.05) is 48.0 Å². The van der Waals surface area contributed by atoms with Crippen molar-refractivity contribution < 1.29 is 17.5 Å². The number of hydrogen-bond donors (Lipinski definition) is 0. The molecule has 1 aliphatic heterocycles. The van der Waals surface area contributed by atoms with E-state index >= 15 is 4.39 Å². The van der Waals surface area contributed by atoms with Crippen molar-refractivity contribution >= 4 is 44.5 Å². The largest absolute Gasteiger partial charge is 0.497 e. The van der Waals surface area contributed by atoms with E-state index in [0.29, 0.717) is 23.0 Å². The number of methoxy groups -OCH3 is 1. The minimum atomic E-state index is -4.34. The fraction of sp³-hybridized carbons (Fsp3) is 0.323. The molecule has 0 bridgehead atoms. The highest BCUT2D eigenvalue weighted by molar-refractivity contribution is 7.92. The number of nitrogens with zero attached hydrogens (tertiary/aromatic N) is 4. The fourth-order valence-electron chi connectivity index (χ4n) is 6.11. The van der Waals surface area contributed by atoms with Gasteiger partial charge in [-0.15, -0.1) is 11.3 Å². The first-order valence-electron chi connectivity index (χ1n) is 13.8. The molecule has 42 heavy (non-hydrogen) atoms. The Hall–Kier alpha value is -3.18. The number of thiazole rings is 1. The molecular formula is C31H32ClFN4O3S2. The number of fused-ring (bicyclic) bond motifs is 1. The van der Waals surface area contributed by atoms with Gasteiger partial charge in [0.1, 0.15) is 15.7 Å². The van der Waals surface area contributed by atoms with Gasteiger partial charge in [0.25, 0.3) is 10.0 Å². The van der Waals surface area contributed by atoms with E-state index in [4.69, 9.17) is 16.3 Å². The summed E-state index contributed by atoms with van der Waals surface area (Å²) in [7, 11) is -0.879. The Kier molecular flexibility index (Phi) is 8.15. The lowest BCUT2D eigenvalue weighted by Crippen LogP contribution is -2.36. The molecule has 7 nitrogen and oxygen atoms in total. The van der Waals surface area contributed by atoms with E-state index in [1.165, 1.54) is 28.5 Å². The zero-order chi connectivity index (χ0) is 29.4. The van der Waals surface area contributed by atoms with Crippen LogP contribution in [0, 0.1) is 5.82 Å². The molecule has 2 heterocycles. The maximum absolute atomic E-state index is 15.9. The van der Waals surface area contributed by atoms with Crippen molar-refractivity contribution in [3.05, 3.63) is 99.1 Å². The third-order valence-corrected chi connectivity index (χ3v) is 11.1. The minimum absolute atomic E-state index is 0.0308. The van der Waals surface area contributed by atoms with E-state index in [0.717, 1.165) is 36.7 Å². The number of benzene rings is 3. The summed E-state index contributed by atoms with van der Waals surface area (Å²) in [6.07, 6.45) is 3.09. The molecule has 0 N–H and O–H groups in total. The van der Waals surface area contributed by atoms with Crippen LogP contribution in [0.4, 0.5) is 15.9 Å². The highest BCUT2D eigenvalue weighted by Crippen LogP contribution is 2.40. The van der Waals surface area contributed by atoms with Gasteiger partial charge < -0.3 is 9.64 Å².